The van der Waals surface area contributed by atoms with E-state index in [-0.39, 0.29) is 44.7 Å². The molecule has 84 valence electrons. The van der Waals surface area contributed by atoms with Gasteiger partial charge in [0.25, 0.3) is 0 Å². The molecule has 0 fully saturated rings. The first-order chi connectivity index (χ1) is 6.63. The molecule has 15 heavy (non-hydrogen) atoms. The minimum atomic E-state index is -0.309. The van der Waals surface area contributed by atoms with Crippen molar-refractivity contribution in [3.05, 3.63) is 20.3 Å². The number of nitrogens with one attached hydrogen (secondary N) is 1. The van der Waals surface area contributed by atoms with Crippen molar-refractivity contribution < 1.29 is 37.5 Å². The number of hydrogen-bond donors (Lipinski definition) is 1. The van der Waals surface area contributed by atoms with Gasteiger partial charge in [-0.1, -0.05) is 0 Å². The van der Waals surface area contributed by atoms with Gasteiger partial charge in [0.1, 0.15) is 0 Å². The molecule has 0 radical (unpaired) electrons. The Balaban J connectivity index is 0. The van der Waals surface area contributed by atoms with E-state index in [4.69, 9.17) is 0 Å². The van der Waals surface area contributed by atoms with Crippen molar-refractivity contribution in [3.63, 3.8) is 0 Å². The van der Waals surface area contributed by atoms with Gasteiger partial charge < -0.3 is 30.5 Å². The third-order valence-corrected chi connectivity index (χ3v) is 2.16. The van der Waals surface area contributed by atoms with Crippen LogP contribution < -0.4 is 5.32 Å². The van der Waals surface area contributed by atoms with E-state index in [1.807, 2.05) is 11.9 Å². The number of carbonyl (C=O) groups is 1. The van der Waals surface area contributed by atoms with Gasteiger partial charge in [0, 0.05) is 7.05 Å². The molecule has 0 spiro atoms. The summed E-state index contributed by atoms with van der Waals surface area (Å²) in [4.78, 5) is 13.1. The number of nitrogens with zero attached hydrogens (tertiary/aromatic N) is 1. The average molecular weight is 286 g/mol. The maximum absolute atomic E-state index is 11.2. The van der Waals surface area contributed by atoms with Crippen LogP contribution in [0.2, 0.25) is 0 Å². The summed E-state index contributed by atoms with van der Waals surface area (Å²) in [5.41, 5.74) is 0. The normalized spacial score (nSPS) is 12.1. The Morgan fingerprint density at radius 1 is 1.60 bits per heavy atom. The zero-order chi connectivity index (χ0) is 11.0. The zero-order valence-electron chi connectivity index (χ0n) is 9.83. The molecule has 0 bridgehead atoms. The molecule has 3 nitrogen and oxygen atoms in total. The predicted octanol–water partition coefficient (Wildman–Crippen LogP) is 1.07. The van der Waals surface area contributed by atoms with Crippen LogP contribution in [0.3, 0.4) is 0 Å². The molecule has 0 saturated carbocycles. The van der Waals surface area contributed by atoms with Crippen LogP contribution >= 0.6 is 0 Å². The van der Waals surface area contributed by atoms with Gasteiger partial charge in [0.05, 0.1) is 0 Å². The minimum absolute atomic E-state index is 0. The maximum atomic E-state index is 11.2. The third-order valence-electron chi connectivity index (χ3n) is 2.16. The Morgan fingerprint density at radius 3 is 2.67 bits per heavy atom. The first-order valence-corrected chi connectivity index (χ1v) is 4.99. The molecule has 1 unspecified atom stereocenters. The van der Waals surface area contributed by atoms with E-state index in [0.717, 1.165) is 25.8 Å². The number of hydrogen-bond acceptors (Lipinski definition) is 2. The molecule has 0 aromatic carbocycles. The standard InChI is InChI=1S/C11H21N2O.Y/c1-5-6-7-8-9-13(4)10(2)11(14)12-3;/h8,10H,1-2,5-7,9H2,3-4H3,(H,12,14);/q-3;+3. The minimum Gasteiger partial charge on any atom is -0.360 e. The molecule has 1 amide bonds. The fourth-order valence-electron chi connectivity index (χ4n) is 1.08. The monoisotopic (exact) mass is 286 g/mol. The van der Waals surface area contributed by atoms with Crippen molar-refractivity contribution >= 4 is 5.91 Å². The summed E-state index contributed by atoms with van der Waals surface area (Å²) >= 11 is 0. The second-order valence-electron chi connectivity index (χ2n) is 3.35. The number of unbranched alkanes of at least 4 members (excludes halogenated alkanes) is 3. The number of amides is 1. The summed E-state index contributed by atoms with van der Waals surface area (Å²) in [7, 11) is 3.52. The zero-order valence-corrected chi connectivity index (χ0v) is 12.7. The topological polar surface area (TPSA) is 32.3 Å². The SMILES string of the molecule is [CH2-]CCC[CH-]CN(C)C([CH2-])C(=O)NC.[Y+3]. The average Bonchev–Trinajstić information content (AvgIpc) is 2.21. The van der Waals surface area contributed by atoms with Gasteiger partial charge >= 0.3 is 32.7 Å². The van der Waals surface area contributed by atoms with Crippen molar-refractivity contribution in [2.75, 3.05) is 20.6 Å². The molecule has 0 heterocycles. The molecule has 0 saturated heterocycles. The second-order valence-corrected chi connectivity index (χ2v) is 3.35. The molecule has 0 aliphatic carbocycles. The van der Waals surface area contributed by atoms with Crippen LogP contribution in [0.1, 0.15) is 19.3 Å². The molecule has 1 N–H and O–H groups in total. The van der Waals surface area contributed by atoms with Crippen LogP contribution in [0, 0.1) is 20.3 Å². The molecule has 0 aliphatic rings. The Labute approximate surface area is 119 Å². The van der Waals surface area contributed by atoms with Crippen molar-refractivity contribution in [1.29, 1.82) is 0 Å². The number of likely N-dealkylation sites (N-methyl/N-ethyl adjacent to an activating group) is 2. The molecular weight excluding hydrogens is 265 g/mol. The van der Waals surface area contributed by atoms with E-state index in [1.54, 1.807) is 7.05 Å². The predicted molar refractivity (Wildman–Crippen MR) is 59.3 cm³/mol. The molecular formula is C11H21N2OY. The van der Waals surface area contributed by atoms with Crippen LogP contribution in [0.4, 0.5) is 0 Å². The molecule has 4 heteroatoms. The van der Waals surface area contributed by atoms with Gasteiger partial charge in [0.15, 0.2) is 0 Å². The van der Waals surface area contributed by atoms with E-state index in [0.29, 0.717) is 0 Å². The Kier molecular flexibility index (Phi) is 13.2. The fourth-order valence-corrected chi connectivity index (χ4v) is 1.08. The Bertz CT molecular complexity index is 165. The fraction of sp³-hybridized carbons (Fsp3) is 0.636. The summed E-state index contributed by atoms with van der Waals surface area (Å²) in [6.45, 7) is 8.35. The number of rotatable bonds is 7. The summed E-state index contributed by atoms with van der Waals surface area (Å²) in [6.07, 6.45) is 5.28. The molecule has 0 rings (SSSR count). The van der Waals surface area contributed by atoms with E-state index >= 15 is 0 Å². The quantitative estimate of drug-likeness (QED) is 0.561. The van der Waals surface area contributed by atoms with Gasteiger partial charge in [-0.05, 0) is 13.1 Å². The maximum Gasteiger partial charge on any atom is 3.00 e. The molecule has 0 aromatic heterocycles. The first-order valence-electron chi connectivity index (χ1n) is 4.99. The Hall–Kier alpha value is 0.534. The summed E-state index contributed by atoms with van der Waals surface area (Å²) in [5.74, 6) is -0.0435. The smallest absolute Gasteiger partial charge is 0.360 e. The van der Waals surface area contributed by atoms with Crippen LogP contribution in [0.5, 0.6) is 0 Å². The second kappa shape index (κ2) is 11.0. The van der Waals surface area contributed by atoms with Gasteiger partial charge in [-0.25, -0.2) is 0 Å². The largest absolute Gasteiger partial charge is 3.00 e. The summed E-state index contributed by atoms with van der Waals surface area (Å²) in [6, 6.07) is -0.309. The van der Waals surface area contributed by atoms with E-state index in [1.165, 1.54) is 0 Å². The van der Waals surface area contributed by atoms with Gasteiger partial charge in [-0.2, -0.15) is 12.8 Å². The van der Waals surface area contributed by atoms with Crippen molar-refractivity contribution in [2.24, 2.45) is 0 Å². The van der Waals surface area contributed by atoms with Crippen molar-refractivity contribution in [2.45, 2.75) is 25.3 Å². The van der Waals surface area contributed by atoms with Crippen LogP contribution in [0.15, 0.2) is 0 Å². The van der Waals surface area contributed by atoms with Gasteiger partial charge in [-0.15, -0.1) is 13.0 Å². The molecule has 1 atom stereocenters. The van der Waals surface area contributed by atoms with E-state index < -0.39 is 0 Å². The van der Waals surface area contributed by atoms with E-state index in [2.05, 4.69) is 25.6 Å². The van der Waals surface area contributed by atoms with Crippen LogP contribution in [-0.4, -0.2) is 37.5 Å². The summed E-state index contributed by atoms with van der Waals surface area (Å²) < 4.78 is 0. The number of carbonyl (C=O) groups excluding carboxylic acids is 1. The molecule has 0 aromatic rings. The van der Waals surface area contributed by atoms with Gasteiger partial charge in [-0.3, -0.25) is 4.79 Å². The van der Waals surface area contributed by atoms with Crippen LogP contribution in [-0.2, 0) is 37.5 Å². The van der Waals surface area contributed by atoms with Crippen LogP contribution in [0.25, 0.3) is 0 Å². The summed E-state index contributed by atoms with van der Waals surface area (Å²) in [5, 5.41) is 2.58. The first kappa shape index (κ1) is 17.9. The van der Waals surface area contributed by atoms with Gasteiger partial charge in [0.2, 0.25) is 5.91 Å². The molecule has 0 aliphatic heterocycles. The Morgan fingerprint density at radius 2 is 2.20 bits per heavy atom. The van der Waals surface area contributed by atoms with Crippen molar-refractivity contribution in [1.82, 2.24) is 10.2 Å². The van der Waals surface area contributed by atoms with E-state index in [9.17, 15) is 4.79 Å². The van der Waals surface area contributed by atoms with Crippen molar-refractivity contribution in [3.8, 4) is 0 Å². The third kappa shape index (κ3) is 8.35.